The number of hydrogen-bond donors (Lipinski definition) is 0. The van der Waals surface area contributed by atoms with E-state index in [0.29, 0.717) is 0 Å². The highest BCUT2D eigenvalue weighted by Crippen LogP contribution is 2.08. The summed E-state index contributed by atoms with van der Waals surface area (Å²) >= 11 is 0. The van der Waals surface area contributed by atoms with Crippen molar-refractivity contribution in [2.24, 2.45) is 0 Å². The number of nitrogens with zero attached hydrogens (tertiary/aromatic N) is 2. The molecule has 0 spiro atoms. The van der Waals surface area contributed by atoms with Crippen LogP contribution in [0.4, 0.5) is 5.69 Å². The van der Waals surface area contributed by atoms with E-state index in [1.165, 1.54) is 4.90 Å². The van der Waals surface area contributed by atoms with Crippen LogP contribution in [0.25, 0.3) is 0 Å². The van der Waals surface area contributed by atoms with Gasteiger partial charge in [-0.3, -0.25) is 4.90 Å². The highest BCUT2D eigenvalue weighted by molar-refractivity contribution is 5.48. The van der Waals surface area contributed by atoms with E-state index in [1.54, 1.807) is 7.05 Å². The van der Waals surface area contributed by atoms with Gasteiger partial charge in [-0.05, 0) is 12.1 Å². The third-order valence-corrected chi connectivity index (χ3v) is 1.29. The molecule has 0 aliphatic heterocycles. The predicted molar refractivity (Wildman–Crippen MR) is 63.2 cm³/mol. The summed E-state index contributed by atoms with van der Waals surface area (Å²) in [5.41, 5.74) is 0.921. The van der Waals surface area contributed by atoms with E-state index in [-0.39, 0.29) is 0 Å². The summed E-state index contributed by atoms with van der Waals surface area (Å²) in [5.74, 6) is 0. The Balaban J connectivity index is 0. The highest BCUT2D eigenvalue weighted by Gasteiger charge is 1.93. The van der Waals surface area contributed by atoms with Crippen molar-refractivity contribution in [1.29, 1.82) is 5.26 Å². The number of anilines is 1. The second kappa shape index (κ2) is 11.5. The lowest BCUT2D eigenvalue weighted by molar-refractivity contribution is 1.20. The van der Waals surface area contributed by atoms with Gasteiger partial charge < -0.3 is 0 Å². The van der Waals surface area contributed by atoms with Crippen LogP contribution in [-0.4, -0.2) is 7.05 Å². The maximum atomic E-state index is 8.46. The minimum atomic E-state index is 0.921. The average molecular weight is 192 g/mol. The van der Waals surface area contributed by atoms with Crippen molar-refractivity contribution in [3.05, 3.63) is 30.3 Å². The van der Waals surface area contributed by atoms with Gasteiger partial charge in [0.15, 0.2) is 6.19 Å². The Morgan fingerprint density at radius 2 is 1.43 bits per heavy atom. The molecule has 0 unspecified atom stereocenters. The van der Waals surface area contributed by atoms with Crippen LogP contribution >= 0.6 is 0 Å². The molecule has 0 N–H and O–H groups in total. The molecule has 0 atom stereocenters. The minimum Gasteiger partial charge on any atom is -0.283 e. The molecule has 2 heteroatoms. The Kier molecular flexibility index (Phi) is 12.3. The Hall–Kier alpha value is -1.49. The summed E-state index contributed by atoms with van der Waals surface area (Å²) in [4.78, 5) is 1.51. The fourth-order valence-corrected chi connectivity index (χ4v) is 0.709. The summed E-state index contributed by atoms with van der Waals surface area (Å²) in [6.07, 6.45) is 2.01. The zero-order chi connectivity index (χ0) is 11.4. The largest absolute Gasteiger partial charge is 0.283 e. The summed E-state index contributed by atoms with van der Waals surface area (Å²) in [6, 6.07) is 9.52. The Bertz CT molecular complexity index is 236. The van der Waals surface area contributed by atoms with Crippen LogP contribution in [0, 0.1) is 11.5 Å². The lowest BCUT2D eigenvalue weighted by Crippen LogP contribution is -2.06. The SMILES string of the molecule is CC.CC.CN(C#N)c1ccccc1. The molecule has 14 heavy (non-hydrogen) atoms. The first kappa shape index (κ1) is 15.0. The molecule has 0 aliphatic rings. The van der Waals surface area contributed by atoms with E-state index in [2.05, 4.69) is 0 Å². The van der Waals surface area contributed by atoms with E-state index in [0.717, 1.165) is 5.69 Å². The van der Waals surface area contributed by atoms with Crippen molar-refractivity contribution in [2.75, 3.05) is 11.9 Å². The van der Waals surface area contributed by atoms with Crippen molar-refractivity contribution in [1.82, 2.24) is 0 Å². The molecular weight excluding hydrogens is 172 g/mol. The number of para-hydroxylation sites is 1. The van der Waals surface area contributed by atoms with Crippen molar-refractivity contribution in [3.63, 3.8) is 0 Å². The first-order chi connectivity index (χ1) is 6.84. The molecule has 0 aromatic heterocycles. The van der Waals surface area contributed by atoms with Gasteiger partial charge in [0.25, 0.3) is 0 Å². The van der Waals surface area contributed by atoms with E-state index in [9.17, 15) is 0 Å². The maximum Gasteiger partial charge on any atom is 0.183 e. The van der Waals surface area contributed by atoms with Gasteiger partial charge in [-0.2, -0.15) is 5.26 Å². The summed E-state index contributed by atoms with van der Waals surface area (Å²) in [6.45, 7) is 8.00. The van der Waals surface area contributed by atoms with Crippen molar-refractivity contribution < 1.29 is 0 Å². The first-order valence-corrected chi connectivity index (χ1v) is 5.03. The van der Waals surface area contributed by atoms with Gasteiger partial charge in [0, 0.05) is 7.05 Å². The van der Waals surface area contributed by atoms with Crippen LogP contribution < -0.4 is 4.90 Å². The normalized spacial score (nSPS) is 6.86. The zero-order valence-corrected chi connectivity index (χ0v) is 9.78. The van der Waals surface area contributed by atoms with Crippen LogP contribution in [-0.2, 0) is 0 Å². The van der Waals surface area contributed by atoms with Crippen LogP contribution in [0.3, 0.4) is 0 Å². The fourth-order valence-electron chi connectivity index (χ4n) is 0.709. The number of nitriles is 1. The van der Waals surface area contributed by atoms with Gasteiger partial charge in [0.2, 0.25) is 0 Å². The molecule has 78 valence electrons. The quantitative estimate of drug-likeness (QED) is 0.501. The number of rotatable bonds is 1. The minimum absolute atomic E-state index is 0.921. The third-order valence-electron chi connectivity index (χ3n) is 1.29. The van der Waals surface area contributed by atoms with Gasteiger partial charge in [0.1, 0.15) is 0 Å². The van der Waals surface area contributed by atoms with E-state index in [1.807, 2.05) is 64.2 Å². The number of benzene rings is 1. The van der Waals surface area contributed by atoms with Crippen LogP contribution in [0.2, 0.25) is 0 Å². The van der Waals surface area contributed by atoms with Crippen LogP contribution in [0.5, 0.6) is 0 Å². The zero-order valence-electron chi connectivity index (χ0n) is 9.78. The lowest BCUT2D eigenvalue weighted by atomic mass is 10.3. The van der Waals surface area contributed by atoms with E-state index >= 15 is 0 Å². The number of hydrogen-bond acceptors (Lipinski definition) is 2. The second-order valence-corrected chi connectivity index (χ2v) is 1.99. The van der Waals surface area contributed by atoms with Crippen LogP contribution in [0.1, 0.15) is 27.7 Å². The molecule has 0 saturated heterocycles. The molecule has 1 rings (SSSR count). The topological polar surface area (TPSA) is 27.0 Å². The average Bonchev–Trinajstić information content (AvgIpc) is 2.34. The smallest absolute Gasteiger partial charge is 0.183 e. The molecule has 1 aromatic carbocycles. The highest BCUT2D eigenvalue weighted by atomic mass is 15.1. The third kappa shape index (κ3) is 6.07. The van der Waals surface area contributed by atoms with Gasteiger partial charge in [-0.15, -0.1) is 0 Å². The molecule has 0 amide bonds. The maximum absolute atomic E-state index is 8.46. The van der Waals surface area contributed by atoms with E-state index in [4.69, 9.17) is 5.26 Å². The molecule has 0 aliphatic carbocycles. The predicted octanol–water partition coefficient (Wildman–Crippen LogP) is 3.66. The van der Waals surface area contributed by atoms with Crippen LogP contribution in [0.15, 0.2) is 30.3 Å². The van der Waals surface area contributed by atoms with Gasteiger partial charge in [-0.25, -0.2) is 0 Å². The second-order valence-electron chi connectivity index (χ2n) is 1.99. The molecule has 0 heterocycles. The summed E-state index contributed by atoms with van der Waals surface area (Å²) in [5, 5.41) is 8.46. The van der Waals surface area contributed by atoms with Gasteiger partial charge in [0.05, 0.1) is 5.69 Å². The summed E-state index contributed by atoms with van der Waals surface area (Å²) in [7, 11) is 1.73. The Morgan fingerprint density at radius 3 is 1.79 bits per heavy atom. The lowest BCUT2D eigenvalue weighted by Gasteiger charge is -2.06. The molecule has 1 aromatic rings. The Labute approximate surface area is 87.8 Å². The fraction of sp³-hybridized carbons (Fsp3) is 0.417. The standard InChI is InChI=1S/C8H8N2.2C2H6/c1-10(7-9)8-5-3-2-4-6-8;2*1-2/h2-6H,1H3;2*1-2H3. The monoisotopic (exact) mass is 192 g/mol. The molecule has 0 fully saturated rings. The van der Waals surface area contributed by atoms with Gasteiger partial charge in [-0.1, -0.05) is 45.9 Å². The molecular formula is C12H20N2. The molecule has 2 nitrogen and oxygen atoms in total. The van der Waals surface area contributed by atoms with Crippen molar-refractivity contribution in [2.45, 2.75) is 27.7 Å². The first-order valence-electron chi connectivity index (χ1n) is 5.03. The Morgan fingerprint density at radius 1 is 1.00 bits per heavy atom. The van der Waals surface area contributed by atoms with Crippen molar-refractivity contribution in [3.8, 4) is 6.19 Å². The van der Waals surface area contributed by atoms with E-state index < -0.39 is 0 Å². The van der Waals surface area contributed by atoms with Gasteiger partial charge >= 0.3 is 0 Å². The molecule has 0 saturated carbocycles. The molecule has 0 radical (unpaired) electrons. The van der Waals surface area contributed by atoms with Crippen molar-refractivity contribution >= 4 is 5.69 Å². The molecule has 0 bridgehead atoms. The summed E-state index contributed by atoms with van der Waals surface area (Å²) < 4.78 is 0.